The zero-order valence-electron chi connectivity index (χ0n) is 60.1. The van der Waals surface area contributed by atoms with E-state index in [-0.39, 0.29) is 56.0 Å². The van der Waals surface area contributed by atoms with E-state index in [1.165, 1.54) is 116 Å². The molecule has 0 fully saturated rings. The second-order valence-corrected chi connectivity index (χ2v) is 32.0. The highest BCUT2D eigenvalue weighted by Gasteiger charge is 2.49. The van der Waals surface area contributed by atoms with E-state index in [0.717, 1.165) is 24.6 Å². The fourth-order valence-corrected chi connectivity index (χ4v) is 13.0. The number of anilines is 1. The third kappa shape index (κ3) is 21.0. The van der Waals surface area contributed by atoms with E-state index in [4.69, 9.17) is 23.2 Å². The molecule has 3 amide bonds. The molecule has 3 aromatic carbocycles. The molecule has 0 radical (unpaired) electrons. The molecule has 0 aliphatic rings. The van der Waals surface area contributed by atoms with Crippen molar-refractivity contribution < 1.29 is 78.6 Å². The predicted molar refractivity (Wildman–Crippen MR) is 405 cm³/mol. The number of hydrogen-bond acceptors (Lipinski definition) is 23. The number of nitrogens with zero attached hydrogens (tertiary/aromatic N) is 11. The number of nitrogens with one attached hydrogen (secondary N) is 5. The molecule has 3 atom stereocenters. The van der Waals surface area contributed by atoms with E-state index in [1.54, 1.807) is 79.2 Å². The van der Waals surface area contributed by atoms with Crippen LogP contribution < -0.4 is 36.7 Å². The van der Waals surface area contributed by atoms with Gasteiger partial charge in [0.25, 0.3) is 17.7 Å². The first-order chi connectivity index (χ1) is 52.9. The lowest BCUT2D eigenvalue weighted by Gasteiger charge is -2.19. The van der Waals surface area contributed by atoms with Crippen molar-refractivity contribution >= 4 is 119 Å². The summed E-state index contributed by atoms with van der Waals surface area (Å²) in [6.07, 6.45) is 17.0. The molecule has 12 rings (SSSR count). The average Bonchev–Trinajstić information content (AvgIpc) is 1.63. The topological polar surface area (TPSA) is 422 Å². The summed E-state index contributed by atoms with van der Waals surface area (Å²) in [5, 5.41) is 24.8. The van der Waals surface area contributed by atoms with Crippen molar-refractivity contribution in [1.29, 1.82) is 0 Å². The molecule has 42 heteroatoms. The Morgan fingerprint density at radius 2 is 0.830 bits per heavy atom. The van der Waals surface area contributed by atoms with Crippen molar-refractivity contribution in [3.05, 3.63) is 226 Å². The molecule has 0 saturated heterocycles. The van der Waals surface area contributed by atoms with E-state index in [2.05, 4.69) is 76.4 Å². The van der Waals surface area contributed by atoms with Crippen LogP contribution in [-0.4, -0.2) is 154 Å². The number of aromatic nitrogens is 12. The van der Waals surface area contributed by atoms with Gasteiger partial charge < -0.3 is 36.2 Å². The number of nitrogens with two attached hydrogens (primary N) is 1. The summed E-state index contributed by atoms with van der Waals surface area (Å²) >= 11 is 9.53. The van der Waals surface area contributed by atoms with Gasteiger partial charge in [-0.1, -0.05) is 20.8 Å². The minimum Gasteiger partial charge on any atom is -0.373 e. The Hall–Kier alpha value is -11.3. The number of aromatic amines is 1. The molecule has 0 saturated carbocycles. The first-order valence-electron chi connectivity index (χ1n) is 32.8. The number of carbonyl (C=O) groups excluding carboxylic acids is 3. The van der Waals surface area contributed by atoms with Crippen LogP contribution in [-0.2, 0) is 39.6 Å². The lowest BCUT2D eigenvalue weighted by atomic mass is 10.0. The second kappa shape index (κ2) is 36.7. The number of carbonyl (C=O) groups is 3. The van der Waals surface area contributed by atoms with Gasteiger partial charge in [0.15, 0.2) is 39.6 Å². The SMILES string of the molecule is CC[C@H](NC(=O)c1cncc2c1cnn2-c1ccc(F)cc1)c1cc(NC)nc(S(C)(=O)=O)c1.CC[C@H](NC(=O)c1cncc2c1cnn2-c1ccc(F)cc1)c1cc(OS(=O)(=O)C(F)(F)F)nc(S(C)(=O)=O)c1.CC[C@H](NC(=O)c1cncc2c1cnn2-c1ccc(F)cc1)c1cc(S(C)(=O)=O)[nH]c(=O)c1.CN.ClCCl. The van der Waals surface area contributed by atoms with Gasteiger partial charge in [-0.05, 0) is 140 Å². The van der Waals surface area contributed by atoms with Crippen LogP contribution in [0.4, 0.5) is 32.2 Å². The molecule has 9 heterocycles. The van der Waals surface area contributed by atoms with Crippen molar-refractivity contribution in [1.82, 2.24) is 75.2 Å². The Morgan fingerprint density at radius 1 is 0.500 bits per heavy atom. The maximum atomic E-state index is 13.3. The minimum atomic E-state index is -6.16. The van der Waals surface area contributed by atoms with Gasteiger partial charge in [-0.25, -0.2) is 62.4 Å². The van der Waals surface area contributed by atoms with E-state index < -0.39 is 97.4 Å². The number of pyridine rings is 6. The molecule has 0 unspecified atom stereocenters. The minimum absolute atomic E-state index is 0.0535. The summed E-state index contributed by atoms with van der Waals surface area (Å²) in [4.78, 5) is 73.8. The Morgan fingerprint density at radius 3 is 1.14 bits per heavy atom. The fraction of sp³-hybridized carbons (Fsp3) is 0.229. The monoisotopic (exact) mass is 1670 g/mol. The lowest BCUT2D eigenvalue weighted by Crippen LogP contribution is -2.30. The molecule has 0 spiro atoms. The van der Waals surface area contributed by atoms with Crippen LogP contribution in [0.5, 0.6) is 5.88 Å². The highest BCUT2D eigenvalue weighted by molar-refractivity contribution is 7.91. The lowest BCUT2D eigenvalue weighted by molar-refractivity contribution is -0.0501. The van der Waals surface area contributed by atoms with Gasteiger partial charge in [0.05, 0.1) is 111 Å². The van der Waals surface area contributed by atoms with Crippen molar-refractivity contribution in [2.75, 3.05) is 43.5 Å². The summed E-state index contributed by atoms with van der Waals surface area (Å²) in [6, 6.07) is 22.5. The normalized spacial score (nSPS) is 12.4. The van der Waals surface area contributed by atoms with Gasteiger partial charge in [-0.15, -0.1) is 23.2 Å². The van der Waals surface area contributed by atoms with E-state index in [0.29, 0.717) is 91.4 Å². The second-order valence-electron chi connectivity index (χ2n) is 23.8. The van der Waals surface area contributed by atoms with Crippen LogP contribution in [0.25, 0.3) is 49.8 Å². The molecule has 0 aliphatic carbocycles. The molecule has 0 aliphatic heterocycles. The summed E-state index contributed by atoms with van der Waals surface area (Å²) < 4.78 is 182. The van der Waals surface area contributed by atoms with Crippen LogP contribution in [0, 0.1) is 17.5 Å². The van der Waals surface area contributed by atoms with Gasteiger partial charge in [-0.2, -0.15) is 36.9 Å². The average molecular weight is 1670 g/mol. The number of hydrogen-bond donors (Lipinski definition) is 6. The van der Waals surface area contributed by atoms with Gasteiger partial charge >= 0.3 is 15.6 Å². The number of amides is 3. The summed E-state index contributed by atoms with van der Waals surface area (Å²) in [5.74, 6) is -3.50. The highest BCUT2D eigenvalue weighted by Crippen LogP contribution is 2.32. The molecule has 12 aromatic rings. The van der Waals surface area contributed by atoms with Gasteiger partial charge in [0, 0.05) is 72.7 Å². The van der Waals surface area contributed by atoms with Crippen LogP contribution in [0.3, 0.4) is 0 Å². The Bertz CT molecular complexity index is 5970. The number of rotatable bonds is 21. The summed E-state index contributed by atoms with van der Waals surface area (Å²) in [7, 11) is -14.3. The first kappa shape index (κ1) is 86.3. The molecule has 0 bridgehead atoms. The van der Waals surface area contributed by atoms with Gasteiger partial charge in [0.2, 0.25) is 11.4 Å². The predicted octanol–water partition coefficient (Wildman–Crippen LogP) is 10.3. The molecule has 112 heavy (non-hydrogen) atoms. The smallest absolute Gasteiger partial charge is 0.373 e. The number of halogens is 8. The molecular weight excluding hydrogens is 1600 g/mol. The van der Waals surface area contributed by atoms with Crippen LogP contribution in [0.1, 0.15) is 106 Å². The molecule has 30 nitrogen and oxygen atoms in total. The fourth-order valence-electron chi connectivity index (χ4n) is 10.8. The van der Waals surface area contributed by atoms with Crippen LogP contribution in [0.15, 0.2) is 185 Å². The van der Waals surface area contributed by atoms with E-state index in [1.807, 2.05) is 6.92 Å². The molecule has 9 aromatic heterocycles. The van der Waals surface area contributed by atoms with Crippen molar-refractivity contribution in [3.63, 3.8) is 0 Å². The standard InChI is InChI=1S/C23H19F4N5O6S2.C23H23FN6O3S.C22H20FN5O4S.CH2Cl2.CH5N/c1-3-18(13-8-20(31-21(9-13)39(2,34)35)38-40(36,37)23(25,26)27)30-22(33)17-10-28-12-19-16(17)11-29-32(19)15-6-4-14(24)5-7-15;1-4-19(14-9-21(25-2)29-22(10-14)34(3,32)33)28-23(31)18-11-26-13-20-17(18)12-27-30(20)16-7-5-15(24)6-8-16;1-3-18(13-8-20(29)27-21(9-13)33(2,31)32)26-22(30)17-10-24-12-19-16(17)11-25-28(19)15-6-4-14(23)5-7-15;2-1-3;1-2/h4-12,18H,3H2,1-2H3,(H,30,33);5-13,19H,4H2,1-3H3,(H,25,29)(H,28,31);4-12,18H,3H2,1-2H3,(H,26,30)(H,27,29);1H2;2H2,1H3/t18-;19-;18-;;/m000../s1. The van der Waals surface area contributed by atoms with Crippen LogP contribution >= 0.6 is 23.2 Å². The van der Waals surface area contributed by atoms with Gasteiger partial charge in [0.1, 0.15) is 28.3 Å². The molecule has 592 valence electrons. The summed E-state index contributed by atoms with van der Waals surface area (Å²) in [6.45, 7) is 5.28. The molecule has 7 N–H and O–H groups in total. The number of alkyl halides is 5. The highest BCUT2D eigenvalue weighted by atomic mass is 35.5. The maximum Gasteiger partial charge on any atom is 0.534 e. The number of H-pyrrole nitrogens is 1. The Kier molecular flexibility index (Phi) is 28.3. The quantitative estimate of drug-likeness (QED) is 0.0168. The largest absolute Gasteiger partial charge is 0.534 e. The van der Waals surface area contributed by atoms with Crippen molar-refractivity contribution in [2.45, 2.75) is 78.7 Å². The first-order valence-corrected chi connectivity index (χ1v) is 41.0. The number of benzene rings is 3. The van der Waals surface area contributed by atoms with Crippen molar-refractivity contribution in [3.8, 4) is 22.9 Å². The van der Waals surface area contributed by atoms with Gasteiger partial charge in [-0.3, -0.25) is 34.1 Å². The van der Waals surface area contributed by atoms with E-state index >= 15 is 0 Å². The Labute approximate surface area is 646 Å². The number of sulfone groups is 3. The Balaban J connectivity index is 0.000000206. The molecular formula is C70H69Cl2F6N17O13S4. The van der Waals surface area contributed by atoms with Crippen molar-refractivity contribution in [2.24, 2.45) is 5.73 Å². The third-order valence-electron chi connectivity index (χ3n) is 16.1. The van der Waals surface area contributed by atoms with E-state index in [9.17, 15) is 79.2 Å². The summed E-state index contributed by atoms with van der Waals surface area (Å²) in [5.41, 5.74) is 2.93. The zero-order chi connectivity index (χ0) is 82.4. The zero-order valence-corrected chi connectivity index (χ0v) is 64.9. The van der Waals surface area contributed by atoms with Crippen LogP contribution in [0.2, 0.25) is 0 Å². The third-order valence-corrected chi connectivity index (χ3v) is 20.1. The maximum absolute atomic E-state index is 13.3. The number of fused-ring (bicyclic) bond motifs is 3.